The molecule has 0 fully saturated rings. The number of hydrogen-bond acceptors (Lipinski definition) is 1. The molecule has 0 radical (unpaired) electrons. The standard InChI is InChI=1S/C15H13BrCl3N/c1-15(20,11-6-5-10(16)7-13(11)18)8-9-3-2-4-12(17)14(9)19/h2-7H,8,20H2,1H3. The SMILES string of the molecule is CC(N)(Cc1cccc(Cl)c1Cl)c1ccc(Br)cc1Cl. The molecule has 20 heavy (non-hydrogen) atoms. The van der Waals surface area contributed by atoms with Crippen molar-refractivity contribution in [3.63, 3.8) is 0 Å². The number of benzene rings is 2. The zero-order chi connectivity index (χ0) is 14.9. The molecule has 0 saturated heterocycles. The Hall–Kier alpha value is -0.250. The van der Waals surface area contributed by atoms with Gasteiger partial charge in [-0.05, 0) is 42.7 Å². The highest BCUT2D eigenvalue weighted by Gasteiger charge is 2.25. The summed E-state index contributed by atoms with van der Waals surface area (Å²) in [5.74, 6) is 0. The molecule has 0 heterocycles. The Kier molecular flexibility index (Phi) is 5.04. The molecule has 0 aromatic heterocycles. The highest BCUT2D eigenvalue weighted by Crippen LogP contribution is 2.34. The van der Waals surface area contributed by atoms with E-state index in [9.17, 15) is 0 Å². The van der Waals surface area contributed by atoms with Gasteiger partial charge in [-0.15, -0.1) is 0 Å². The van der Waals surface area contributed by atoms with Crippen LogP contribution in [-0.4, -0.2) is 0 Å². The van der Waals surface area contributed by atoms with E-state index in [4.69, 9.17) is 40.5 Å². The molecule has 1 atom stereocenters. The molecule has 2 aromatic rings. The van der Waals surface area contributed by atoms with Gasteiger partial charge in [0.1, 0.15) is 0 Å². The van der Waals surface area contributed by atoms with E-state index in [0.717, 1.165) is 15.6 Å². The van der Waals surface area contributed by atoms with Gasteiger partial charge in [0.25, 0.3) is 0 Å². The van der Waals surface area contributed by atoms with Gasteiger partial charge < -0.3 is 5.73 Å². The van der Waals surface area contributed by atoms with E-state index in [2.05, 4.69) is 15.9 Å². The molecule has 0 aliphatic rings. The van der Waals surface area contributed by atoms with E-state index in [0.29, 0.717) is 21.5 Å². The molecule has 2 aromatic carbocycles. The van der Waals surface area contributed by atoms with E-state index in [1.54, 1.807) is 6.07 Å². The predicted octanol–water partition coefficient (Wildman–Crippen LogP) is 5.83. The topological polar surface area (TPSA) is 26.0 Å². The van der Waals surface area contributed by atoms with Crippen LogP contribution in [0, 0.1) is 0 Å². The maximum Gasteiger partial charge on any atom is 0.0625 e. The third kappa shape index (κ3) is 3.49. The molecule has 0 saturated carbocycles. The third-order valence-corrected chi connectivity index (χ3v) is 4.80. The minimum Gasteiger partial charge on any atom is -0.321 e. The van der Waals surface area contributed by atoms with Crippen molar-refractivity contribution in [2.75, 3.05) is 0 Å². The molecule has 2 N–H and O–H groups in total. The fraction of sp³-hybridized carbons (Fsp3) is 0.200. The number of hydrogen-bond donors (Lipinski definition) is 1. The van der Waals surface area contributed by atoms with Crippen LogP contribution in [0.5, 0.6) is 0 Å². The highest BCUT2D eigenvalue weighted by molar-refractivity contribution is 9.10. The number of nitrogens with two attached hydrogens (primary N) is 1. The van der Waals surface area contributed by atoms with Crippen LogP contribution < -0.4 is 5.73 Å². The second-order valence-corrected chi connectivity index (χ2v) is 7.04. The first-order valence-corrected chi connectivity index (χ1v) is 7.91. The van der Waals surface area contributed by atoms with E-state index in [-0.39, 0.29) is 0 Å². The van der Waals surface area contributed by atoms with Gasteiger partial charge in [-0.3, -0.25) is 0 Å². The van der Waals surface area contributed by atoms with Crippen LogP contribution in [0.4, 0.5) is 0 Å². The van der Waals surface area contributed by atoms with E-state index in [1.165, 1.54) is 0 Å². The average Bonchev–Trinajstić information content (AvgIpc) is 2.34. The normalized spacial score (nSPS) is 14.1. The Bertz CT molecular complexity index is 641. The monoisotopic (exact) mass is 391 g/mol. The fourth-order valence-corrected chi connectivity index (χ4v) is 3.40. The molecule has 5 heteroatoms. The zero-order valence-corrected chi connectivity index (χ0v) is 14.6. The summed E-state index contributed by atoms with van der Waals surface area (Å²) in [4.78, 5) is 0. The van der Waals surface area contributed by atoms with Gasteiger partial charge in [-0.25, -0.2) is 0 Å². The first kappa shape index (κ1) is 16.1. The molecule has 0 aliphatic carbocycles. The molecule has 0 aliphatic heterocycles. The van der Waals surface area contributed by atoms with Gasteiger partial charge >= 0.3 is 0 Å². The maximum atomic E-state index is 6.44. The lowest BCUT2D eigenvalue weighted by Gasteiger charge is -2.27. The van der Waals surface area contributed by atoms with E-state index in [1.807, 2.05) is 37.3 Å². The summed E-state index contributed by atoms with van der Waals surface area (Å²) in [5.41, 5.74) is 7.58. The van der Waals surface area contributed by atoms with Crippen LogP contribution >= 0.6 is 50.7 Å². The lowest BCUT2D eigenvalue weighted by Crippen LogP contribution is -2.35. The van der Waals surface area contributed by atoms with E-state index >= 15 is 0 Å². The largest absolute Gasteiger partial charge is 0.321 e. The van der Waals surface area contributed by atoms with Crippen molar-refractivity contribution < 1.29 is 0 Å². The van der Waals surface area contributed by atoms with Crippen molar-refractivity contribution in [3.8, 4) is 0 Å². The Labute approximate surface area is 142 Å². The van der Waals surface area contributed by atoms with Crippen LogP contribution in [-0.2, 0) is 12.0 Å². The molecule has 1 nitrogen and oxygen atoms in total. The number of halogens is 4. The summed E-state index contributed by atoms with van der Waals surface area (Å²) >= 11 is 21.9. The van der Waals surface area contributed by atoms with Crippen LogP contribution in [0.15, 0.2) is 40.9 Å². The second kappa shape index (κ2) is 6.25. The van der Waals surface area contributed by atoms with Crippen molar-refractivity contribution in [1.29, 1.82) is 0 Å². The number of rotatable bonds is 3. The Morgan fingerprint density at radius 2 is 1.80 bits per heavy atom. The van der Waals surface area contributed by atoms with Crippen LogP contribution in [0.25, 0.3) is 0 Å². The van der Waals surface area contributed by atoms with Crippen molar-refractivity contribution in [3.05, 3.63) is 67.1 Å². The van der Waals surface area contributed by atoms with Crippen LogP contribution in [0.1, 0.15) is 18.1 Å². The second-order valence-electron chi connectivity index (χ2n) is 4.93. The van der Waals surface area contributed by atoms with Crippen molar-refractivity contribution >= 4 is 50.7 Å². The molecule has 0 spiro atoms. The summed E-state index contributed by atoms with van der Waals surface area (Å²) in [5, 5.41) is 1.70. The highest BCUT2D eigenvalue weighted by atomic mass is 79.9. The minimum absolute atomic E-state index is 0.530. The van der Waals surface area contributed by atoms with E-state index < -0.39 is 5.54 Å². The van der Waals surface area contributed by atoms with Gasteiger partial charge in [0.2, 0.25) is 0 Å². The van der Waals surface area contributed by atoms with Crippen molar-refractivity contribution in [2.24, 2.45) is 5.73 Å². The molecule has 106 valence electrons. The van der Waals surface area contributed by atoms with Gasteiger partial charge in [0, 0.05) is 15.0 Å². The Balaban J connectivity index is 2.38. The smallest absolute Gasteiger partial charge is 0.0625 e. The van der Waals surface area contributed by atoms with Crippen molar-refractivity contribution in [1.82, 2.24) is 0 Å². The molecule has 1 unspecified atom stereocenters. The molecular formula is C15H13BrCl3N. The summed E-state index contributed by atoms with van der Waals surface area (Å²) < 4.78 is 0.919. The van der Waals surface area contributed by atoms with Gasteiger partial charge in [-0.2, -0.15) is 0 Å². The Morgan fingerprint density at radius 1 is 1.10 bits per heavy atom. The van der Waals surface area contributed by atoms with Gasteiger partial charge in [0.05, 0.1) is 10.0 Å². The maximum absolute atomic E-state index is 6.44. The molecule has 0 bridgehead atoms. The predicted molar refractivity (Wildman–Crippen MR) is 90.9 cm³/mol. The van der Waals surface area contributed by atoms with Crippen molar-refractivity contribution in [2.45, 2.75) is 18.9 Å². The summed E-state index contributed by atoms with van der Waals surface area (Å²) in [6, 6.07) is 11.2. The van der Waals surface area contributed by atoms with Gasteiger partial charge in [-0.1, -0.05) is 68.9 Å². The fourth-order valence-electron chi connectivity index (χ4n) is 2.13. The summed E-state index contributed by atoms with van der Waals surface area (Å²) in [6.07, 6.45) is 0.549. The molecule has 0 amide bonds. The first-order chi connectivity index (χ1) is 9.31. The summed E-state index contributed by atoms with van der Waals surface area (Å²) in [6.45, 7) is 1.93. The quantitative estimate of drug-likeness (QED) is 0.698. The first-order valence-electron chi connectivity index (χ1n) is 5.98. The van der Waals surface area contributed by atoms with Gasteiger partial charge in [0.15, 0.2) is 0 Å². The average molecular weight is 394 g/mol. The molecular weight excluding hydrogens is 380 g/mol. The molecule has 2 rings (SSSR count). The lowest BCUT2D eigenvalue weighted by molar-refractivity contribution is 0.491. The summed E-state index contributed by atoms with van der Waals surface area (Å²) in [7, 11) is 0. The minimum atomic E-state index is -0.633. The third-order valence-electron chi connectivity index (χ3n) is 3.14. The van der Waals surface area contributed by atoms with Crippen LogP contribution in [0.3, 0.4) is 0 Å². The Morgan fingerprint density at radius 3 is 2.45 bits per heavy atom. The van der Waals surface area contributed by atoms with Crippen LogP contribution in [0.2, 0.25) is 15.1 Å². The zero-order valence-electron chi connectivity index (χ0n) is 10.8. The lowest BCUT2D eigenvalue weighted by atomic mass is 9.86.